The lowest BCUT2D eigenvalue weighted by molar-refractivity contribution is -0.165. The number of esters is 1. The molecular formula is C14H25NO2. The Hall–Kier alpha value is -0.570. The van der Waals surface area contributed by atoms with Crippen LogP contribution >= 0.6 is 0 Å². The number of ether oxygens (including phenoxy) is 1. The van der Waals surface area contributed by atoms with Crippen molar-refractivity contribution in [2.24, 2.45) is 11.3 Å². The summed E-state index contributed by atoms with van der Waals surface area (Å²) in [6.07, 6.45) is 6.94. The van der Waals surface area contributed by atoms with Gasteiger partial charge in [-0.1, -0.05) is 13.3 Å². The van der Waals surface area contributed by atoms with E-state index in [1.807, 2.05) is 6.92 Å². The SMILES string of the molecule is CC1CCCCC1OC(=O)C1(C)CCCNC1. The number of carbonyl (C=O) groups is 1. The van der Waals surface area contributed by atoms with E-state index in [2.05, 4.69) is 12.2 Å². The van der Waals surface area contributed by atoms with Gasteiger partial charge in [0.25, 0.3) is 0 Å². The largest absolute Gasteiger partial charge is 0.462 e. The van der Waals surface area contributed by atoms with Gasteiger partial charge >= 0.3 is 5.97 Å². The summed E-state index contributed by atoms with van der Waals surface area (Å²) in [6, 6.07) is 0. The van der Waals surface area contributed by atoms with Crippen LogP contribution in [-0.4, -0.2) is 25.2 Å². The van der Waals surface area contributed by atoms with Crippen LogP contribution in [0, 0.1) is 11.3 Å². The number of rotatable bonds is 2. The molecule has 0 amide bonds. The third-order valence-corrected chi connectivity index (χ3v) is 4.38. The average molecular weight is 239 g/mol. The molecule has 0 aromatic carbocycles. The van der Waals surface area contributed by atoms with Crippen LogP contribution in [0.15, 0.2) is 0 Å². The van der Waals surface area contributed by atoms with Gasteiger partial charge in [-0.3, -0.25) is 4.79 Å². The molecule has 2 rings (SSSR count). The number of hydrogen-bond donors (Lipinski definition) is 1. The van der Waals surface area contributed by atoms with Crippen molar-refractivity contribution < 1.29 is 9.53 Å². The maximum atomic E-state index is 12.3. The van der Waals surface area contributed by atoms with Crippen LogP contribution in [0.1, 0.15) is 52.4 Å². The van der Waals surface area contributed by atoms with Crippen LogP contribution in [0.2, 0.25) is 0 Å². The Kier molecular flexibility index (Phi) is 4.08. The summed E-state index contributed by atoms with van der Waals surface area (Å²) in [4.78, 5) is 12.3. The molecule has 1 N–H and O–H groups in total. The van der Waals surface area contributed by atoms with Crippen molar-refractivity contribution in [1.29, 1.82) is 0 Å². The van der Waals surface area contributed by atoms with Gasteiger partial charge in [0.2, 0.25) is 0 Å². The molecule has 3 atom stereocenters. The van der Waals surface area contributed by atoms with E-state index >= 15 is 0 Å². The summed E-state index contributed by atoms with van der Waals surface area (Å²) in [6.45, 7) is 6.04. The Balaban J connectivity index is 1.90. The molecule has 1 aliphatic carbocycles. The van der Waals surface area contributed by atoms with E-state index in [1.165, 1.54) is 19.3 Å². The zero-order valence-corrected chi connectivity index (χ0v) is 11.1. The van der Waals surface area contributed by atoms with E-state index < -0.39 is 0 Å². The Morgan fingerprint density at radius 3 is 2.71 bits per heavy atom. The Morgan fingerprint density at radius 2 is 2.06 bits per heavy atom. The van der Waals surface area contributed by atoms with Crippen LogP contribution < -0.4 is 5.32 Å². The van der Waals surface area contributed by atoms with Gasteiger partial charge in [0.05, 0.1) is 5.41 Å². The maximum Gasteiger partial charge on any atom is 0.313 e. The molecule has 0 spiro atoms. The smallest absolute Gasteiger partial charge is 0.313 e. The summed E-state index contributed by atoms with van der Waals surface area (Å²) < 4.78 is 5.77. The molecule has 0 bridgehead atoms. The number of hydrogen-bond acceptors (Lipinski definition) is 3. The Morgan fingerprint density at radius 1 is 1.29 bits per heavy atom. The first-order valence-corrected chi connectivity index (χ1v) is 7.04. The fraction of sp³-hybridized carbons (Fsp3) is 0.929. The van der Waals surface area contributed by atoms with Gasteiger partial charge in [0.1, 0.15) is 6.10 Å². The quantitative estimate of drug-likeness (QED) is 0.752. The zero-order valence-electron chi connectivity index (χ0n) is 11.1. The Bertz CT molecular complexity index is 271. The lowest BCUT2D eigenvalue weighted by atomic mass is 9.82. The van der Waals surface area contributed by atoms with Gasteiger partial charge in [0.15, 0.2) is 0 Å². The second-order valence-corrected chi connectivity index (χ2v) is 6.05. The fourth-order valence-corrected chi connectivity index (χ4v) is 2.97. The average Bonchev–Trinajstić information content (AvgIpc) is 2.33. The molecule has 98 valence electrons. The highest BCUT2D eigenvalue weighted by molar-refractivity contribution is 5.77. The normalized spacial score (nSPS) is 38.7. The molecule has 1 saturated heterocycles. The summed E-state index contributed by atoms with van der Waals surface area (Å²) in [7, 11) is 0. The predicted molar refractivity (Wildman–Crippen MR) is 67.7 cm³/mol. The molecule has 1 aliphatic heterocycles. The first-order valence-electron chi connectivity index (χ1n) is 7.04. The second-order valence-electron chi connectivity index (χ2n) is 6.05. The third kappa shape index (κ3) is 3.01. The molecule has 3 unspecified atom stereocenters. The van der Waals surface area contributed by atoms with E-state index in [9.17, 15) is 4.79 Å². The van der Waals surface area contributed by atoms with Crippen molar-refractivity contribution in [3.8, 4) is 0 Å². The highest BCUT2D eigenvalue weighted by Crippen LogP contribution is 2.31. The molecule has 2 aliphatic rings. The molecule has 0 aromatic heterocycles. The van der Waals surface area contributed by atoms with Gasteiger partial charge in [-0.05, 0) is 51.5 Å². The van der Waals surface area contributed by atoms with E-state index in [1.54, 1.807) is 0 Å². The van der Waals surface area contributed by atoms with Crippen molar-refractivity contribution in [2.75, 3.05) is 13.1 Å². The first-order chi connectivity index (χ1) is 8.12. The Labute approximate surface area is 104 Å². The number of nitrogens with one attached hydrogen (secondary N) is 1. The van der Waals surface area contributed by atoms with Crippen LogP contribution in [0.3, 0.4) is 0 Å². The summed E-state index contributed by atoms with van der Waals surface area (Å²) >= 11 is 0. The molecule has 0 aromatic rings. The van der Waals surface area contributed by atoms with E-state index in [4.69, 9.17) is 4.74 Å². The van der Waals surface area contributed by atoms with Crippen molar-refractivity contribution in [3.05, 3.63) is 0 Å². The monoisotopic (exact) mass is 239 g/mol. The van der Waals surface area contributed by atoms with Crippen LogP contribution in [-0.2, 0) is 9.53 Å². The molecule has 3 heteroatoms. The van der Waals surface area contributed by atoms with Crippen LogP contribution in [0.5, 0.6) is 0 Å². The van der Waals surface area contributed by atoms with Gasteiger partial charge in [-0.25, -0.2) is 0 Å². The minimum Gasteiger partial charge on any atom is -0.462 e. The fourth-order valence-electron chi connectivity index (χ4n) is 2.97. The lowest BCUT2D eigenvalue weighted by Crippen LogP contribution is -2.46. The van der Waals surface area contributed by atoms with Gasteiger partial charge in [-0.2, -0.15) is 0 Å². The molecule has 1 heterocycles. The predicted octanol–water partition coefficient (Wildman–Crippen LogP) is 2.50. The maximum absolute atomic E-state index is 12.3. The number of piperidine rings is 1. The highest BCUT2D eigenvalue weighted by atomic mass is 16.5. The molecule has 1 saturated carbocycles. The highest BCUT2D eigenvalue weighted by Gasteiger charge is 2.38. The van der Waals surface area contributed by atoms with Crippen molar-refractivity contribution in [3.63, 3.8) is 0 Å². The summed E-state index contributed by atoms with van der Waals surface area (Å²) in [5, 5.41) is 3.30. The van der Waals surface area contributed by atoms with E-state index in [-0.39, 0.29) is 17.5 Å². The third-order valence-electron chi connectivity index (χ3n) is 4.38. The van der Waals surface area contributed by atoms with Crippen molar-refractivity contribution in [1.82, 2.24) is 5.32 Å². The van der Waals surface area contributed by atoms with Crippen molar-refractivity contribution in [2.45, 2.75) is 58.5 Å². The van der Waals surface area contributed by atoms with Crippen LogP contribution in [0.4, 0.5) is 0 Å². The van der Waals surface area contributed by atoms with Crippen molar-refractivity contribution >= 4 is 5.97 Å². The summed E-state index contributed by atoms with van der Waals surface area (Å²) in [5.41, 5.74) is -0.296. The van der Waals surface area contributed by atoms with E-state index in [0.717, 1.165) is 32.4 Å². The van der Waals surface area contributed by atoms with Gasteiger partial charge in [0, 0.05) is 6.54 Å². The molecule has 0 radical (unpaired) electrons. The molecule has 2 fully saturated rings. The minimum absolute atomic E-state index is 0.0171. The number of carbonyl (C=O) groups excluding carboxylic acids is 1. The zero-order chi connectivity index (χ0) is 12.3. The first kappa shape index (κ1) is 12.9. The molecule has 3 nitrogen and oxygen atoms in total. The topological polar surface area (TPSA) is 38.3 Å². The van der Waals surface area contributed by atoms with Gasteiger partial charge < -0.3 is 10.1 Å². The minimum atomic E-state index is -0.296. The molecular weight excluding hydrogens is 214 g/mol. The standard InChI is InChI=1S/C14H25NO2/c1-11-6-3-4-7-12(11)17-13(16)14(2)8-5-9-15-10-14/h11-12,15H,3-10H2,1-2H3. The second kappa shape index (κ2) is 5.38. The van der Waals surface area contributed by atoms with Crippen LogP contribution in [0.25, 0.3) is 0 Å². The van der Waals surface area contributed by atoms with Gasteiger partial charge in [-0.15, -0.1) is 0 Å². The lowest BCUT2D eigenvalue weighted by Gasteiger charge is -2.35. The molecule has 17 heavy (non-hydrogen) atoms. The summed E-state index contributed by atoms with van der Waals surface area (Å²) in [5.74, 6) is 0.552. The van der Waals surface area contributed by atoms with E-state index in [0.29, 0.717) is 5.92 Å².